The van der Waals surface area contributed by atoms with E-state index in [1.54, 1.807) is 37.3 Å². The Bertz CT molecular complexity index is 918. The third kappa shape index (κ3) is 4.05. The van der Waals surface area contributed by atoms with Crippen molar-refractivity contribution < 1.29 is 14.1 Å². The van der Waals surface area contributed by atoms with Crippen molar-refractivity contribution in [2.24, 2.45) is 0 Å². The van der Waals surface area contributed by atoms with E-state index in [4.69, 9.17) is 4.52 Å². The lowest BCUT2D eigenvalue weighted by Crippen LogP contribution is -2.13. The number of hydrogen-bond acceptors (Lipinski definition) is 7. The van der Waals surface area contributed by atoms with E-state index in [1.807, 2.05) is 0 Å². The van der Waals surface area contributed by atoms with Crippen LogP contribution >= 0.6 is 0 Å². The molecule has 0 radical (unpaired) electrons. The summed E-state index contributed by atoms with van der Waals surface area (Å²) in [5, 5.41) is 9.26. The molecule has 0 aliphatic rings. The fraction of sp³-hybridized carbons (Fsp3) is 0.118. The van der Waals surface area contributed by atoms with Gasteiger partial charge < -0.3 is 15.2 Å². The summed E-state index contributed by atoms with van der Waals surface area (Å²) >= 11 is 0. The largest absolute Gasteiger partial charge is 0.360 e. The number of nitrogens with zero attached hydrogens (tertiary/aromatic N) is 3. The summed E-state index contributed by atoms with van der Waals surface area (Å²) in [4.78, 5) is 31.7. The van der Waals surface area contributed by atoms with Crippen LogP contribution in [0.5, 0.6) is 0 Å². The summed E-state index contributed by atoms with van der Waals surface area (Å²) in [5.74, 6) is 0.817. The maximum Gasteiger partial charge on any atom is 0.260 e. The highest BCUT2D eigenvalue weighted by Gasteiger charge is 2.10. The van der Waals surface area contributed by atoms with E-state index in [0.29, 0.717) is 28.8 Å². The Labute approximate surface area is 143 Å². The molecule has 3 rings (SSSR count). The Kier molecular flexibility index (Phi) is 4.51. The van der Waals surface area contributed by atoms with E-state index in [-0.39, 0.29) is 11.3 Å². The number of amides is 1. The second-order valence-corrected chi connectivity index (χ2v) is 5.33. The van der Waals surface area contributed by atoms with Crippen LogP contribution in [0, 0.1) is 6.92 Å². The Morgan fingerprint density at radius 1 is 1.08 bits per heavy atom. The van der Waals surface area contributed by atoms with E-state index in [0.717, 1.165) is 0 Å². The normalized spacial score (nSPS) is 10.3. The zero-order valence-corrected chi connectivity index (χ0v) is 13.6. The van der Waals surface area contributed by atoms with E-state index in [1.165, 1.54) is 19.3 Å². The van der Waals surface area contributed by atoms with Gasteiger partial charge in [0.2, 0.25) is 5.95 Å². The van der Waals surface area contributed by atoms with Gasteiger partial charge in [0.15, 0.2) is 11.6 Å². The van der Waals surface area contributed by atoms with Gasteiger partial charge in [-0.05, 0) is 26.0 Å². The molecule has 2 aromatic heterocycles. The molecule has 0 aliphatic heterocycles. The van der Waals surface area contributed by atoms with E-state index >= 15 is 0 Å². The van der Waals surface area contributed by atoms with Crippen LogP contribution in [0.15, 0.2) is 47.2 Å². The molecule has 0 aliphatic carbocycles. The first-order chi connectivity index (χ1) is 12.0. The number of carbonyl (C=O) groups is 2. The summed E-state index contributed by atoms with van der Waals surface area (Å²) < 4.78 is 4.88. The number of aryl methyl sites for hydroxylation is 1. The third-order valence-electron chi connectivity index (χ3n) is 3.31. The summed E-state index contributed by atoms with van der Waals surface area (Å²) in [6, 6.07) is 8.60. The summed E-state index contributed by atoms with van der Waals surface area (Å²) in [6.07, 6.45) is 2.79. The van der Waals surface area contributed by atoms with Gasteiger partial charge in [-0.2, -0.15) is 0 Å². The number of nitrogens with one attached hydrogen (secondary N) is 2. The molecule has 25 heavy (non-hydrogen) atoms. The number of benzene rings is 1. The molecule has 0 saturated carbocycles. The van der Waals surface area contributed by atoms with E-state index in [9.17, 15) is 9.59 Å². The molecule has 0 atom stereocenters. The lowest BCUT2D eigenvalue weighted by Gasteiger charge is -2.06. The Balaban J connectivity index is 1.68. The van der Waals surface area contributed by atoms with Crippen LogP contribution in [-0.2, 0) is 0 Å². The summed E-state index contributed by atoms with van der Waals surface area (Å²) in [7, 11) is 0. The minimum Gasteiger partial charge on any atom is -0.360 e. The van der Waals surface area contributed by atoms with Crippen LogP contribution in [0.1, 0.15) is 33.4 Å². The van der Waals surface area contributed by atoms with Crippen molar-refractivity contribution in [3.05, 3.63) is 59.6 Å². The maximum atomic E-state index is 12.1. The number of anilines is 3. The van der Waals surface area contributed by atoms with Gasteiger partial charge in [0.25, 0.3) is 5.91 Å². The summed E-state index contributed by atoms with van der Waals surface area (Å²) in [6.45, 7) is 3.23. The number of ketones is 1. The topological polar surface area (TPSA) is 110 Å². The molecule has 1 amide bonds. The molecule has 126 valence electrons. The molecule has 2 heterocycles. The number of rotatable bonds is 5. The van der Waals surface area contributed by atoms with Crippen molar-refractivity contribution in [1.82, 2.24) is 15.1 Å². The molecule has 2 N–H and O–H groups in total. The standard InChI is InChI=1S/C17H15N5O3/c1-10-6-15(22-25-10)21-16(24)13-8-18-17(19-9-13)20-14-5-3-4-12(7-14)11(2)23/h3-9H,1-2H3,(H,18,19,20)(H,21,22,24). The van der Waals surface area contributed by atoms with Crippen molar-refractivity contribution in [3.63, 3.8) is 0 Å². The second-order valence-electron chi connectivity index (χ2n) is 5.33. The van der Waals surface area contributed by atoms with Gasteiger partial charge in [0.05, 0.1) is 5.56 Å². The number of aromatic nitrogens is 3. The van der Waals surface area contributed by atoms with Crippen molar-refractivity contribution in [1.29, 1.82) is 0 Å². The Morgan fingerprint density at radius 3 is 2.48 bits per heavy atom. The number of carbonyl (C=O) groups excluding carboxylic acids is 2. The van der Waals surface area contributed by atoms with E-state index < -0.39 is 5.91 Å². The van der Waals surface area contributed by atoms with Gasteiger partial charge >= 0.3 is 0 Å². The average molecular weight is 337 g/mol. The fourth-order valence-corrected chi connectivity index (χ4v) is 2.07. The second kappa shape index (κ2) is 6.91. The zero-order chi connectivity index (χ0) is 17.8. The highest BCUT2D eigenvalue weighted by molar-refractivity contribution is 6.03. The molecule has 1 aromatic carbocycles. The predicted octanol–water partition coefficient (Wildman–Crippen LogP) is 2.97. The minimum absolute atomic E-state index is 0.0281. The maximum absolute atomic E-state index is 12.1. The van der Waals surface area contributed by atoms with Gasteiger partial charge in [-0.3, -0.25) is 9.59 Å². The highest BCUT2D eigenvalue weighted by Crippen LogP contribution is 2.15. The van der Waals surface area contributed by atoms with Crippen LogP contribution in [0.25, 0.3) is 0 Å². The Hall–Kier alpha value is -3.55. The van der Waals surface area contributed by atoms with Gasteiger partial charge in [0.1, 0.15) is 5.76 Å². The van der Waals surface area contributed by atoms with Crippen molar-refractivity contribution in [2.75, 3.05) is 10.6 Å². The molecule has 0 saturated heterocycles. The van der Waals surface area contributed by atoms with Gasteiger partial charge in [-0.1, -0.05) is 17.3 Å². The van der Waals surface area contributed by atoms with Gasteiger partial charge in [-0.15, -0.1) is 0 Å². The van der Waals surface area contributed by atoms with Gasteiger partial charge in [0, 0.05) is 29.7 Å². The van der Waals surface area contributed by atoms with Crippen molar-refractivity contribution in [2.45, 2.75) is 13.8 Å². The molecule has 0 bridgehead atoms. The van der Waals surface area contributed by atoms with Crippen LogP contribution in [0.4, 0.5) is 17.5 Å². The molecule has 0 fully saturated rings. The van der Waals surface area contributed by atoms with E-state index in [2.05, 4.69) is 25.8 Å². The Morgan fingerprint density at radius 2 is 1.84 bits per heavy atom. The van der Waals surface area contributed by atoms with Gasteiger partial charge in [-0.25, -0.2) is 9.97 Å². The molecular formula is C17H15N5O3. The zero-order valence-electron chi connectivity index (χ0n) is 13.6. The van der Waals surface area contributed by atoms with Crippen molar-refractivity contribution in [3.8, 4) is 0 Å². The molecule has 8 nitrogen and oxygen atoms in total. The fourth-order valence-electron chi connectivity index (χ4n) is 2.07. The smallest absolute Gasteiger partial charge is 0.260 e. The first kappa shape index (κ1) is 16.3. The number of Topliss-reactive ketones (excluding diaryl/α,β-unsaturated/α-hetero) is 1. The quantitative estimate of drug-likeness (QED) is 0.689. The minimum atomic E-state index is -0.390. The predicted molar refractivity (Wildman–Crippen MR) is 91.0 cm³/mol. The van der Waals surface area contributed by atoms with Crippen LogP contribution in [0.3, 0.4) is 0 Å². The van der Waals surface area contributed by atoms with Crippen molar-refractivity contribution >= 4 is 29.1 Å². The molecule has 0 spiro atoms. The average Bonchev–Trinajstić information content (AvgIpc) is 3.00. The number of hydrogen-bond donors (Lipinski definition) is 2. The van der Waals surface area contributed by atoms with Crippen LogP contribution < -0.4 is 10.6 Å². The van der Waals surface area contributed by atoms with Crippen LogP contribution in [0.2, 0.25) is 0 Å². The molecule has 8 heteroatoms. The monoisotopic (exact) mass is 337 g/mol. The highest BCUT2D eigenvalue weighted by atomic mass is 16.5. The first-order valence-corrected chi connectivity index (χ1v) is 7.46. The SMILES string of the molecule is CC(=O)c1cccc(Nc2ncc(C(=O)Nc3cc(C)on3)cn2)c1. The molecular weight excluding hydrogens is 322 g/mol. The first-order valence-electron chi connectivity index (χ1n) is 7.46. The lowest BCUT2D eigenvalue weighted by molar-refractivity contribution is 0.101. The lowest BCUT2D eigenvalue weighted by atomic mass is 10.1. The molecule has 0 unspecified atom stereocenters. The van der Waals surface area contributed by atoms with Crippen LogP contribution in [-0.4, -0.2) is 26.8 Å². The summed E-state index contributed by atoms with van der Waals surface area (Å²) in [5.41, 5.74) is 1.55. The third-order valence-corrected chi connectivity index (χ3v) is 3.31. The molecule has 3 aromatic rings.